The average molecular weight is 286 g/mol. The molecule has 0 aliphatic heterocycles. The van der Waals surface area contributed by atoms with Gasteiger partial charge in [-0.15, -0.1) is 0 Å². The van der Waals surface area contributed by atoms with Crippen LogP contribution < -0.4 is 0 Å². The maximum Gasteiger partial charge on any atom is 0.338 e. The zero-order valence-corrected chi connectivity index (χ0v) is 10.3. The summed E-state index contributed by atoms with van der Waals surface area (Å²) in [4.78, 5) is 14.6. The van der Waals surface area contributed by atoms with Crippen LogP contribution in [0.3, 0.4) is 0 Å². The predicted molar refractivity (Wildman–Crippen MR) is 66.6 cm³/mol. The van der Waals surface area contributed by atoms with Crippen molar-refractivity contribution in [1.82, 2.24) is 4.98 Å². The Morgan fingerprint density at radius 1 is 1.28 bits per heavy atom. The van der Waals surface area contributed by atoms with Crippen molar-refractivity contribution < 1.29 is 14.3 Å². The van der Waals surface area contributed by atoms with Crippen LogP contribution in [0.2, 0.25) is 10.0 Å². The molecule has 0 fully saturated rings. The highest BCUT2D eigenvalue weighted by Gasteiger charge is 2.18. The number of carboxylic acids is 1. The molecule has 1 aromatic heterocycles. The van der Waals surface area contributed by atoms with E-state index in [1.807, 2.05) is 0 Å². The zero-order valence-electron chi connectivity index (χ0n) is 8.82. The summed E-state index contributed by atoms with van der Waals surface area (Å²) in [5, 5.41) is 9.21. The van der Waals surface area contributed by atoms with Gasteiger partial charge in [-0.25, -0.2) is 9.18 Å². The fraction of sp³-hybridized carbons (Fsp3) is 0. The number of nitrogens with zero attached hydrogens (tertiary/aromatic N) is 1. The highest BCUT2D eigenvalue weighted by atomic mass is 35.5. The summed E-state index contributed by atoms with van der Waals surface area (Å²) in [7, 11) is 0. The molecule has 0 unspecified atom stereocenters. The Bertz CT molecular complexity index is 631. The lowest BCUT2D eigenvalue weighted by molar-refractivity contribution is 0.0692. The first-order valence-corrected chi connectivity index (χ1v) is 5.60. The van der Waals surface area contributed by atoms with E-state index in [1.165, 1.54) is 12.3 Å². The molecule has 0 spiro atoms. The molecule has 1 aromatic carbocycles. The minimum Gasteiger partial charge on any atom is -0.478 e. The molecule has 0 amide bonds. The standard InChI is InChI=1S/C12H6Cl2FNO2/c13-8-3-1-2-6(9(8)14)11-10(15)7(12(17)18)4-5-16-11/h1-5H,(H,17,18). The Morgan fingerprint density at radius 3 is 2.67 bits per heavy atom. The Balaban J connectivity index is 2.69. The van der Waals surface area contributed by atoms with Gasteiger partial charge in [-0.3, -0.25) is 4.98 Å². The van der Waals surface area contributed by atoms with Crippen LogP contribution in [0.25, 0.3) is 11.3 Å². The van der Waals surface area contributed by atoms with Crippen LogP contribution in [0.15, 0.2) is 30.5 Å². The second-order valence-electron chi connectivity index (χ2n) is 3.43. The Kier molecular flexibility index (Phi) is 3.50. The van der Waals surface area contributed by atoms with Crippen molar-refractivity contribution in [2.75, 3.05) is 0 Å². The van der Waals surface area contributed by atoms with Gasteiger partial charge < -0.3 is 5.11 Å². The van der Waals surface area contributed by atoms with E-state index in [2.05, 4.69) is 4.98 Å². The van der Waals surface area contributed by atoms with Crippen LogP contribution in [0, 0.1) is 5.82 Å². The maximum absolute atomic E-state index is 14.0. The van der Waals surface area contributed by atoms with E-state index in [-0.39, 0.29) is 21.3 Å². The van der Waals surface area contributed by atoms with E-state index in [9.17, 15) is 9.18 Å². The number of hydrogen-bond acceptors (Lipinski definition) is 2. The molecule has 0 saturated carbocycles. The van der Waals surface area contributed by atoms with Crippen LogP contribution in [0.1, 0.15) is 10.4 Å². The number of benzene rings is 1. The van der Waals surface area contributed by atoms with E-state index in [1.54, 1.807) is 12.1 Å². The lowest BCUT2D eigenvalue weighted by atomic mass is 10.1. The SMILES string of the molecule is O=C(O)c1ccnc(-c2cccc(Cl)c2Cl)c1F. The van der Waals surface area contributed by atoms with Gasteiger partial charge in [-0.1, -0.05) is 35.3 Å². The minimum atomic E-state index is -1.37. The van der Waals surface area contributed by atoms with Gasteiger partial charge in [0, 0.05) is 11.8 Å². The van der Waals surface area contributed by atoms with Crippen LogP contribution in [0.5, 0.6) is 0 Å². The number of carboxylic acid groups (broad SMARTS) is 1. The monoisotopic (exact) mass is 285 g/mol. The van der Waals surface area contributed by atoms with E-state index in [0.717, 1.165) is 6.07 Å². The number of halogens is 3. The molecule has 6 heteroatoms. The number of aromatic nitrogens is 1. The lowest BCUT2D eigenvalue weighted by Gasteiger charge is -2.07. The largest absolute Gasteiger partial charge is 0.478 e. The van der Waals surface area contributed by atoms with Gasteiger partial charge >= 0.3 is 5.97 Å². The predicted octanol–water partition coefficient (Wildman–Crippen LogP) is 3.89. The second-order valence-corrected chi connectivity index (χ2v) is 4.21. The van der Waals surface area contributed by atoms with Crippen LogP contribution in [0.4, 0.5) is 4.39 Å². The molecule has 0 bridgehead atoms. The summed E-state index contributed by atoms with van der Waals surface area (Å²) < 4.78 is 14.0. The smallest absolute Gasteiger partial charge is 0.338 e. The van der Waals surface area contributed by atoms with Crippen molar-refractivity contribution in [1.29, 1.82) is 0 Å². The summed E-state index contributed by atoms with van der Waals surface area (Å²) in [6.45, 7) is 0. The maximum atomic E-state index is 14.0. The average Bonchev–Trinajstić information content (AvgIpc) is 2.33. The van der Waals surface area contributed by atoms with Crippen molar-refractivity contribution in [3.05, 3.63) is 51.9 Å². The second kappa shape index (κ2) is 4.92. The highest BCUT2D eigenvalue weighted by Crippen LogP contribution is 2.34. The summed E-state index contributed by atoms with van der Waals surface area (Å²) in [6, 6.07) is 5.73. The summed E-state index contributed by atoms with van der Waals surface area (Å²) in [5.74, 6) is -2.30. The highest BCUT2D eigenvalue weighted by molar-refractivity contribution is 6.43. The van der Waals surface area contributed by atoms with Gasteiger partial charge in [0.25, 0.3) is 0 Å². The fourth-order valence-electron chi connectivity index (χ4n) is 1.48. The van der Waals surface area contributed by atoms with Crippen LogP contribution >= 0.6 is 23.2 Å². The quantitative estimate of drug-likeness (QED) is 0.911. The summed E-state index contributed by atoms with van der Waals surface area (Å²) in [6.07, 6.45) is 1.21. The molecule has 18 heavy (non-hydrogen) atoms. The Labute approximate surface area is 112 Å². The topological polar surface area (TPSA) is 50.2 Å². The Morgan fingerprint density at radius 2 is 2.00 bits per heavy atom. The third kappa shape index (κ3) is 2.17. The normalized spacial score (nSPS) is 10.4. The van der Waals surface area contributed by atoms with E-state index in [0.29, 0.717) is 0 Å². The molecule has 92 valence electrons. The molecule has 0 radical (unpaired) electrons. The van der Waals surface area contributed by atoms with Crippen molar-refractivity contribution in [3.8, 4) is 11.3 Å². The molecule has 0 saturated heterocycles. The molecular formula is C12H6Cl2FNO2. The third-order valence-electron chi connectivity index (χ3n) is 2.33. The fourth-order valence-corrected chi connectivity index (χ4v) is 1.87. The van der Waals surface area contributed by atoms with Gasteiger partial charge in [0.05, 0.1) is 15.6 Å². The summed E-state index contributed by atoms with van der Waals surface area (Å²) in [5.41, 5.74) is -0.344. The first-order chi connectivity index (χ1) is 8.52. The van der Waals surface area contributed by atoms with Crippen molar-refractivity contribution in [2.45, 2.75) is 0 Å². The molecular weight excluding hydrogens is 280 g/mol. The molecule has 2 aromatic rings. The van der Waals surface area contributed by atoms with Crippen LogP contribution in [-0.2, 0) is 0 Å². The number of pyridine rings is 1. The first-order valence-electron chi connectivity index (χ1n) is 4.84. The molecule has 2 rings (SSSR count). The van der Waals surface area contributed by atoms with Crippen molar-refractivity contribution in [3.63, 3.8) is 0 Å². The Hall–Kier alpha value is -1.65. The van der Waals surface area contributed by atoms with E-state index >= 15 is 0 Å². The van der Waals surface area contributed by atoms with Crippen molar-refractivity contribution >= 4 is 29.2 Å². The van der Waals surface area contributed by atoms with Gasteiger partial charge in [-0.05, 0) is 12.1 Å². The molecule has 0 aliphatic rings. The number of aromatic carboxylic acids is 1. The molecule has 1 heterocycles. The summed E-state index contributed by atoms with van der Waals surface area (Å²) >= 11 is 11.8. The number of rotatable bonds is 2. The molecule has 0 aliphatic carbocycles. The molecule has 3 nitrogen and oxygen atoms in total. The molecule has 1 N–H and O–H groups in total. The van der Waals surface area contributed by atoms with E-state index < -0.39 is 17.3 Å². The first kappa shape index (κ1) is 12.8. The minimum absolute atomic E-state index is 0.133. The van der Waals surface area contributed by atoms with E-state index in [4.69, 9.17) is 28.3 Å². The van der Waals surface area contributed by atoms with Crippen molar-refractivity contribution in [2.24, 2.45) is 0 Å². The van der Waals surface area contributed by atoms with Gasteiger partial charge in [0.2, 0.25) is 0 Å². The lowest BCUT2D eigenvalue weighted by Crippen LogP contribution is -2.03. The van der Waals surface area contributed by atoms with Gasteiger partial charge in [0.15, 0.2) is 5.82 Å². The number of carbonyl (C=O) groups is 1. The van der Waals surface area contributed by atoms with Crippen LogP contribution in [-0.4, -0.2) is 16.1 Å². The van der Waals surface area contributed by atoms with Gasteiger partial charge in [-0.2, -0.15) is 0 Å². The third-order valence-corrected chi connectivity index (χ3v) is 3.15. The zero-order chi connectivity index (χ0) is 13.3. The molecule has 0 atom stereocenters. The number of hydrogen-bond donors (Lipinski definition) is 1. The van der Waals surface area contributed by atoms with Gasteiger partial charge in [0.1, 0.15) is 5.69 Å².